The molecule has 28 heavy (non-hydrogen) atoms. The first-order valence-electron chi connectivity index (χ1n) is 9.18. The van der Waals surface area contributed by atoms with E-state index in [1.807, 2.05) is 29.2 Å². The molecule has 0 radical (unpaired) electrons. The van der Waals surface area contributed by atoms with E-state index in [0.29, 0.717) is 35.2 Å². The first kappa shape index (κ1) is 22.3. The number of nitrogens with zero attached hydrogens (tertiary/aromatic N) is 1. The molecule has 0 spiro atoms. The second-order valence-electron chi connectivity index (χ2n) is 6.66. The number of piperidine rings is 1. The van der Waals surface area contributed by atoms with Gasteiger partial charge in [0, 0.05) is 29.7 Å². The summed E-state index contributed by atoms with van der Waals surface area (Å²) in [4.78, 5) is 14.8. The van der Waals surface area contributed by atoms with Crippen molar-refractivity contribution in [2.24, 2.45) is 5.73 Å². The van der Waals surface area contributed by atoms with Crippen LogP contribution in [0, 0.1) is 0 Å². The van der Waals surface area contributed by atoms with Crippen LogP contribution in [0.25, 0.3) is 0 Å². The summed E-state index contributed by atoms with van der Waals surface area (Å²) in [5.41, 5.74) is 7.44. The Hall–Kier alpha value is -1.95. The average molecular weight is 425 g/mol. The third kappa shape index (κ3) is 5.31. The zero-order valence-corrected chi connectivity index (χ0v) is 17.5. The molecule has 0 saturated carbocycles. The van der Waals surface area contributed by atoms with E-state index in [9.17, 15) is 4.79 Å². The third-order valence-electron chi connectivity index (χ3n) is 4.88. The molecule has 1 heterocycles. The van der Waals surface area contributed by atoms with Crippen LogP contribution in [-0.2, 0) is 6.61 Å². The van der Waals surface area contributed by atoms with Crippen molar-refractivity contribution in [3.8, 4) is 11.5 Å². The number of hydrogen-bond donors (Lipinski definition) is 1. The SMILES string of the molecule is COc1cc(C(=O)N2CCCCC2CN)ccc1OCc1ccc(Cl)cc1.Cl. The lowest BCUT2D eigenvalue weighted by Crippen LogP contribution is -2.47. The molecule has 1 unspecified atom stereocenters. The Morgan fingerprint density at radius 3 is 2.61 bits per heavy atom. The van der Waals surface area contributed by atoms with Gasteiger partial charge >= 0.3 is 0 Å². The van der Waals surface area contributed by atoms with Gasteiger partial charge < -0.3 is 20.1 Å². The van der Waals surface area contributed by atoms with Gasteiger partial charge in [-0.15, -0.1) is 12.4 Å². The number of amides is 1. The highest BCUT2D eigenvalue weighted by Crippen LogP contribution is 2.30. The number of methoxy groups -OCH3 is 1. The predicted molar refractivity (Wildman–Crippen MR) is 114 cm³/mol. The zero-order chi connectivity index (χ0) is 19.2. The molecular weight excluding hydrogens is 399 g/mol. The van der Waals surface area contributed by atoms with Gasteiger partial charge in [-0.1, -0.05) is 23.7 Å². The summed E-state index contributed by atoms with van der Waals surface area (Å²) in [6, 6.07) is 12.9. The smallest absolute Gasteiger partial charge is 0.254 e. The number of likely N-dealkylation sites (tertiary alicyclic amines) is 1. The molecule has 0 bridgehead atoms. The van der Waals surface area contributed by atoms with Crippen LogP contribution >= 0.6 is 24.0 Å². The highest BCUT2D eigenvalue weighted by atomic mass is 35.5. The molecule has 2 aromatic carbocycles. The van der Waals surface area contributed by atoms with Crippen LogP contribution in [0.3, 0.4) is 0 Å². The summed E-state index contributed by atoms with van der Waals surface area (Å²) in [5.74, 6) is 1.13. The Kier molecular flexibility index (Phi) is 8.42. The topological polar surface area (TPSA) is 64.8 Å². The van der Waals surface area contributed by atoms with E-state index in [0.717, 1.165) is 31.4 Å². The molecule has 152 valence electrons. The molecule has 2 N–H and O–H groups in total. The van der Waals surface area contributed by atoms with Gasteiger partial charge in [-0.05, 0) is 55.2 Å². The van der Waals surface area contributed by atoms with E-state index in [1.54, 1.807) is 25.3 Å². The highest BCUT2D eigenvalue weighted by molar-refractivity contribution is 6.30. The van der Waals surface area contributed by atoms with Gasteiger partial charge in [0.1, 0.15) is 6.61 Å². The molecule has 7 heteroatoms. The van der Waals surface area contributed by atoms with Gasteiger partial charge in [0.25, 0.3) is 5.91 Å². The lowest BCUT2D eigenvalue weighted by molar-refractivity contribution is 0.0623. The normalized spacial score (nSPS) is 16.2. The number of nitrogens with two attached hydrogens (primary N) is 1. The lowest BCUT2D eigenvalue weighted by Gasteiger charge is -2.35. The minimum Gasteiger partial charge on any atom is -0.493 e. The van der Waals surface area contributed by atoms with Crippen molar-refractivity contribution in [3.63, 3.8) is 0 Å². The van der Waals surface area contributed by atoms with Crippen molar-refractivity contribution in [1.29, 1.82) is 0 Å². The molecule has 1 aliphatic heterocycles. The van der Waals surface area contributed by atoms with Gasteiger partial charge in [0.15, 0.2) is 11.5 Å². The number of hydrogen-bond acceptors (Lipinski definition) is 4. The molecule has 2 aromatic rings. The summed E-state index contributed by atoms with van der Waals surface area (Å²) in [7, 11) is 1.57. The number of benzene rings is 2. The molecule has 3 rings (SSSR count). The van der Waals surface area contributed by atoms with Gasteiger partial charge in [-0.3, -0.25) is 4.79 Å². The van der Waals surface area contributed by atoms with Crippen LogP contribution in [0.5, 0.6) is 11.5 Å². The van der Waals surface area contributed by atoms with Crippen LogP contribution < -0.4 is 15.2 Å². The van der Waals surface area contributed by atoms with Crippen molar-refractivity contribution < 1.29 is 14.3 Å². The molecule has 1 aliphatic rings. The molecular formula is C21H26Cl2N2O3. The quantitative estimate of drug-likeness (QED) is 0.750. The molecule has 1 amide bonds. The minimum absolute atomic E-state index is 0. The van der Waals surface area contributed by atoms with E-state index >= 15 is 0 Å². The zero-order valence-electron chi connectivity index (χ0n) is 15.9. The largest absolute Gasteiger partial charge is 0.493 e. The minimum atomic E-state index is -0.00676. The molecule has 1 fully saturated rings. The first-order valence-corrected chi connectivity index (χ1v) is 9.56. The Bertz CT molecular complexity index is 784. The Morgan fingerprint density at radius 1 is 1.18 bits per heavy atom. The Morgan fingerprint density at radius 2 is 1.93 bits per heavy atom. The van der Waals surface area contributed by atoms with Crippen molar-refractivity contribution in [3.05, 3.63) is 58.6 Å². The maximum Gasteiger partial charge on any atom is 0.254 e. The van der Waals surface area contributed by atoms with E-state index in [1.165, 1.54) is 0 Å². The van der Waals surface area contributed by atoms with E-state index < -0.39 is 0 Å². The number of carbonyl (C=O) groups is 1. The summed E-state index contributed by atoms with van der Waals surface area (Å²) >= 11 is 5.90. The van der Waals surface area contributed by atoms with Crippen molar-refractivity contribution in [2.45, 2.75) is 31.9 Å². The van der Waals surface area contributed by atoms with Gasteiger partial charge in [-0.25, -0.2) is 0 Å². The maximum atomic E-state index is 12.9. The van der Waals surface area contributed by atoms with Crippen LogP contribution in [0.2, 0.25) is 5.02 Å². The maximum absolute atomic E-state index is 12.9. The summed E-state index contributed by atoms with van der Waals surface area (Å²) in [5, 5.41) is 0.688. The number of rotatable bonds is 6. The van der Waals surface area contributed by atoms with Crippen molar-refractivity contribution in [2.75, 3.05) is 20.2 Å². The molecule has 5 nitrogen and oxygen atoms in total. The molecule has 1 saturated heterocycles. The van der Waals surface area contributed by atoms with E-state index in [4.69, 9.17) is 26.8 Å². The molecule has 0 aromatic heterocycles. The fraction of sp³-hybridized carbons (Fsp3) is 0.381. The Balaban J connectivity index is 0.00000280. The number of ether oxygens (including phenoxy) is 2. The molecule has 1 atom stereocenters. The number of halogens is 2. The first-order chi connectivity index (χ1) is 13.1. The van der Waals surface area contributed by atoms with Gasteiger partial charge in [0.2, 0.25) is 0 Å². The van der Waals surface area contributed by atoms with Gasteiger partial charge in [0.05, 0.1) is 7.11 Å². The monoisotopic (exact) mass is 424 g/mol. The fourth-order valence-corrected chi connectivity index (χ4v) is 3.47. The second kappa shape index (κ2) is 10.6. The third-order valence-corrected chi connectivity index (χ3v) is 5.13. The molecule has 0 aliphatic carbocycles. The van der Waals surface area contributed by atoms with Crippen LogP contribution in [0.15, 0.2) is 42.5 Å². The highest BCUT2D eigenvalue weighted by Gasteiger charge is 2.27. The standard InChI is InChI=1S/C21H25ClN2O3.ClH/c1-26-20-12-16(21(25)24-11-3-2-4-18(24)13-23)7-10-19(20)27-14-15-5-8-17(22)9-6-15;/h5-10,12,18H,2-4,11,13-14,23H2,1H3;1H. The average Bonchev–Trinajstić information content (AvgIpc) is 2.72. The van der Waals surface area contributed by atoms with Gasteiger partial charge in [-0.2, -0.15) is 0 Å². The summed E-state index contributed by atoms with van der Waals surface area (Å²) in [6.45, 7) is 1.63. The Labute approximate surface area is 177 Å². The second-order valence-corrected chi connectivity index (χ2v) is 7.10. The fourth-order valence-electron chi connectivity index (χ4n) is 3.34. The summed E-state index contributed by atoms with van der Waals surface area (Å²) < 4.78 is 11.3. The van der Waals surface area contributed by atoms with Crippen LogP contribution in [0.1, 0.15) is 35.2 Å². The van der Waals surface area contributed by atoms with Crippen LogP contribution in [-0.4, -0.2) is 37.0 Å². The number of carbonyl (C=O) groups excluding carboxylic acids is 1. The predicted octanol–water partition coefficient (Wildman–Crippen LogP) is 4.30. The van der Waals surface area contributed by atoms with E-state index in [2.05, 4.69) is 0 Å². The van der Waals surface area contributed by atoms with Crippen LogP contribution in [0.4, 0.5) is 0 Å². The van der Waals surface area contributed by atoms with E-state index in [-0.39, 0.29) is 24.4 Å². The lowest BCUT2D eigenvalue weighted by atomic mass is 10.0. The summed E-state index contributed by atoms with van der Waals surface area (Å²) in [6.07, 6.45) is 3.09. The van der Waals surface area contributed by atoms with Crippen molar-refractivity contribution in [1.82, 2.24) is 4.90 Å². The van der Waals surface area contributed by atoms with Crippen molar-refractivity contribution >= 4 is 29.9 Å².